The molecule has 120 valence electrons. The molecule has 2 unspecified atom stereocenters. The molecule has 1 aromatic heterocycles. The van der Waals surface area contributed by atoms with Gasteiger partial charge in [0.2, 0.25) is 5.95 Å². The number of hydrogen-bond donors (Lipinski definition) is 0. The number of ether oxygens (including phenoxy) is 1. The third-order valence-electron chi connectivity index (χ3n) is 3.68. The Morgan fingerprint density at radius 3 is 2.87 bits per heavy atom. The van der Waals surface area contributed by atoms with E-state index in [4.69, 9.17) is 27.9 Å². The average molecular weight is 353 g/mol. The second-order valence-electron chi connectivity index (χ2n) is 5.10. The van der Waals surface area contributed by atoms with Crippen LogP contribution in [0, 0.1) is 5.92 Å². The summed E-state index contributed by atoms with van der Waals surface area (Å²) >= 11 is 12.3. The maximum absolute atomic E-state index is 12.5. The van der Waals surface area contributed by atoms with Crippen molar-refractivity contribution in [2.75, 3.05) is 6.61 Å². The molecule has 2 heterocycles. The summed E-state index contributed by atoms with van der Waals surface area (Å²) in [6.45, 7) is 3.82. The van der Waals surface area contributed by atoms with Gasteiger partial charge in [0.25, 0.3) is 0 Å². The first kappa shape index (κ1) is 16.0. The molecule has 1 aromatic carbocycles. The van der Waals surface area contributed by atoms with Crippen molar-refractivity contribution in [3.05, 3.63) is 40.1 Å². The molecule has 6 nitrogen and oxygen atoms in total. The lowest BCUT2D eigenvalue weighted by Crippen LogP contribution is -2.37. The van der Waals surface area contributed by atoms with E-state index in [1.807, 2.05) is 0 Å². The molecule has 1 aliphatic rings. The molecule has 8 heteroatoms. The molecular formula is C15H14Cl2N4O2. The monoisotopic (exact) mass is 352 g/mol. The molecule has 0 N–H and O–H groups in total. The first-order chi connectivity index (χ1) is 11.0. The number of fused-ring (bicyclic) bond motifs is 1. The highest BCUT2D eigenvalue weighted by Gasteiger charge is 2.40. The minimum Gasteiger partial charge on any atom is -0.465 e. The molecule has 0 spiro atoms. The number of hydrogen-bond acceptors (Lipinski definition) is 5. The summed E-state index contributed by atoms with van der Waals surface area (Å²) in [7, 11) is 0. The van der Waals surface area contributed by atoms with Gasteiger partial charge in [-0.25, -0.2) is 9.67 Å². The van der Waals surface area contributed by atoms with Gasteiger partial charge in [-0.1, -0.05) is 29.3 Å². The van der Waals surface area contributed by atoms with E-state index in [0.29, 0.717) is 21.7 Å². The van der Waals surface area contributed by atoms with Crippen LogP contribution in [-0.2, 0) is 9.53 Å². The topological polar surface area (TPSA) is 69.4 Å². The van der Waals surface area contributed by atoms with E-state index in [0.717, 1.165) is 5.56 Å². The van der Waals surface area contributed by atoms with Crippen LogP contribution >= 0.6 is 23.2 Å². The first-order valence-electron chi connectivity index (χ1n) is 7.09. The summed E-state index contributed by atoms with van der Waals surface area (Å²) in [6, 6.07) is 4.67. The molecule has 2 aromatic rings. The maximum Gasteiger partial charge on any atom is 0.317 e. The van der Waals surface area contributed by atoms with E-state index in [9.17, 15) is 4.79 Å². The van der Waals surface area contributed by atoms with E-state index in [-0.39, 0.29) is 12.6 Å². The summed E-state index contributed by atoms with van der Waals surface area (Å²) in [5.41, 5.74) is 1.33. The Kier molecular flexibility index (Phi) is 4.37. The molecule has 0 amide bonds. The van der Waals surface area contributed by atoms with Gasteiger partial charge in [0.1, 0.15) is 18.3 Å². The van der Waals surface area contributed by atoms with E-state index in [1.165, 1.54) is 6.33 Å². The minimum absolute atomic E-state index is 0.286. The lowest BCUT2D eigenvalue weighted by Gasteiger charge is -2.30. The predicted octanol–water partition coefficient (Wildman–Crippen LogP) is 3.46. The van der Waals surface area contributed by atoms with Crippen molar-refractivity contribution >= 4 is 40.8 Å². The van der Waals surface area contributed by atoms with Crippen LogP contribution < -0.4 is 0 Å². The summed E-state index contributed by atoms with van der Waals surface area (Å²) in [5, 5.41) is 5.18. The largest absolute Gasteiger partial charge is 0.465 e. The fraction of sp³-hybridized carbons (Fsp3) is 0.333. The van der Waals surface area contributed by atoms with Crippen LogP contribution in [0.3, 0.4) is 0 Å². The molecule has 23 heavy (non-hydrogen) atoms. The van der Waals surface area contributed by atoms with Crippen molar-refractivity contribution in [3.63, 3.8) is 0 Å². The van der Waals surface area contributed by atoms with Gasteiger partial charge in [-0.05, 0) is 31.5 Å². The highest BCUT2D eigenvalue weighted by Crippen LogP contribution is 2.39. The molecule has 0 aliphatic carbocycles. The Bertz CT molecular complexity index is 788. The lowest BCUT2D eigenvalue weighted by atomic mass is 9.88. The molecule has 0 saturated heterocycles. The normalized spacial score (nSPS) is 19.9. The van der Waals surface area contributed by atoms with Crippen LogP contribution in [0.25, 0.3) is 0 Å². The van der Waals surface area contributed by atoms with Crippen molar-refractivity contribution in [3.8, 4) is 0 Å². The Labute approximate surface area is 143 Å². The van der Waals surface area contributed by atoms with Crippen molar-refractivity contribution in [2.24, 2.45) is 10.9 Å². The van der Waals surface area contributed by atoms with Gasteiger partial charge in [-0.3, -0.25) is 4.79 Å². The summed E-state index contributed by atoms with van der Waals surface area (Å²) in [5.74, 6) is -0.562. The van der Waals surface area contributed by atoms with Crippen molar-refractivity contribution in [1.82, 2.24) is 14.8 Å². The molecule has 0 radical (unpaired) electrons. The van der Waals surface area contributed by atoms with E-state index in [1.54, 1.807) is 36.7 Å². The number of rotatable bonds is 3. The number of carbonyl (C=O) groups is 1. The van der Waals surface area contributed by atoms with Crippen LogP contribution in [-0.4, -0.2) is 33.1 Å². The van der Waals surface area contributed by atoms with Gasteiger partial charge in [0, 0.05) is 15.8 Å². The van der Waals surface area contributed by atoms with Crippen molar-refractivity contribution in [2.45, 2.75) is 19.9 Å². The van der Waals surface area contributed by atoms with Crippen LogP contribution in [0.1, 0.15) is 25.5 Å². The molecular weight excluding hydrogens is 339 g/mol. The van der Waals surface area contributed by atoms with Crippen molar-refractivity contribution in [1.29, 1.82) is 0 Å². The van der Waals surface area contributed by atoms with E-state index in [2.05, 4.69) is 15.1 Å². The fourth-order valence-corrected chi connectivity index (χ4v) is 3.22. The fourth-order valence-electron chi connectivity index (χ4n) is 2.70. The smallest absolute Gasteiger partial charge is 0.317 e. The Morgan fingerprint density at radius 2 is 2.17 bits per heavy atom. The number of aromatic nitrogens is 3. The predicted molar refractivity (Wildman–Crippen MR) is 87.5 cm³/mol. The van der Waals surface area contributed by atoms with Gasteiger partial charge in [-0.15, -0.1) is 0 Å². The van der Waals surface area contributed by atoms with Crippen LogP contribution in [0.4, 0.5) is 5.95 Å². The molecule has 0 bridgehead atoms. The van der Waals surface area contributed by atoms with Gasteiger partial charge in [-0.2, -0.15) is 10.1 Å². The number of benzene rings is 1. The van der Waals surface area contributed by atoms with E-state index < -0.39 is 12.0 Å². The first-order valence-corrected chi connectivity index (χ1v) is 7.84. The minimum atomic E-state index is -0.622. The average Bonchev–Trinajstić information content (AvgIpc) is 2.94. The van der Waals surface area contributed by atoms with Gasteiger partial charge in [0.15, 0.2) is 0 Å². The number of esters is 1. The third-order valence-corrected chi connectivity index (χ3v) is 4.24. The number of halogens is 2. The number of carbonyl (C=O) groups excluding carboxylic acids is 1. The Hall–Kier alpha value is -1.92. The van der Waals surface area contributed by atoms with Crippen LogP contribution in [0.5, 0.6) is 0 Å². The molecule has 0 saturated carbocycles. The van der Waals surface area contributed by atoms with Gasteiger partial charge < -0.3 is 4.74 Å². The maximum atomic E-state index is 12.5. The summed E-state index contributed by atoms with van der Waals surface area (Å²) in [6.07, 6.45) is 1.40. The standard InChI is InChI=1S/C15H14Cl2N4O2/c1-3-23-14(22)12-8(2)20-15-18-7-19-21(15)13(12)10-5-4-9(16)6-11(10)17/h4-7,12-13H,3H2,1-2H3. The molecule has 0 fully saturated rings. The zero-order valence-corrected chi connectivity index (χ0v) is 14.0. The SMILES string of the molecule is CCOC(=O)C1C(C)=Nc2ncnn2C1c1ccc(Cl)cc1Cl. The molecule has 1 aliphatic heterocycles. The van der Waals surface area contributed by atoms with E-state index >= 15 is 0 Å². The third kappa shape index (κ3) is 2.84. The number of nitrogens with zero attached hydrogens (tertiary/aromatic N) is 4. The zero-order valence-electron chi connectivity index (χ0n) is 12.5. The van der Waals surface area contributed by atoms with Crippen LogP contribution in [0.2, 0.25) is 10.0 Å². The van der Waals surface area contributed by atoms with Crippen LogP contribution in [0.15, 0.2) is 29.5 Å². The van der Waals surface area contributed by atoms with Gasteiger partial charge in [0.05, 0.1) is 6.61 Å². The Balaban J connectivity index is 2.16. The quantitative estimate of drug-likeness (QED) is 0.793. The van der Waals surface area contributed by atoms with Crippen molar-refractivity contribution < 1.29 is 9.53 Å². The highest BCUT2D eigenvalue weighted by molar-refractivity contribution is 6.35. The second kappa shape index (κ2) is 6.29. The Morgan fingerprint density at radius 1 is 1.39 bits per heavy atom. The lowest BCUT2D eigenvalue weighted by molar-refractivity contribution is -0.146. The second-order valence-corrected chi connectivity index (χ2v) is 5.94. The zero-order chi connectivity index (χ0) is 16.6. The summed E-state index contributed by atoms with van der Waals surface area (Å²) < 4.78 is 6.80. The summed E-state index contributed by atoms with van der Waals surface area (Å²) in [4.78, 5) is 20.9. The van der Waals surface area contributed by atoms with Gasteiger partial charge >= 0.3 is 5.97 Å². The number of aliphatic imine (C=N–C) groups is 1. The molecule has 2 atom stereocenters. The molecule has 3 rings (SSSR count). The highest BCUT2D eigenvalue weighted by atomic mass is 35.5.